The van der Waals surface area contributed by atoms with Gasteiger partial charge in [0.1, 0.15) is 17.7 Å². The van der Waals surface area contributed by atoms with Gasteiger partial charge in [-0.2, -0.15) is 0 Å². The number of thiophene rings is 1. The first kappa shape index (κ1) is 30.6. The second-order valence-electron chi connectivity index (χ2n) is 10.5. The van der Waals surface area contributed by atoms with E-state index in [1.54, 1.807) is 49.4 Å². The fourth-order valence-corrected chi connectivity index (χ4v) is 4.96. The Morgan fingerprint density at radius 1 is 1.00 bits per heavy atom. The number of pyridine rings is 1. The van der Waals surface area contributed by atoms with Crippen molar-refractivity contribution in [3.63, 3.8) is 0 Å². The fraction of sp³-hybridized carbons (Fsp3) is 0.400. The summed E-state index contributed by atoms with van der Waals surface area (Å²) in [7, 11) is 0. The summed E-state index contributed by atoms with van der Waals surface area (Å²) in [6, 6.07) is 16.5. The van der Waals surface area contributed by atoms with Crippen molar-refractivity contribution in [2.24, 2.45) is 5.73 Å². The zero-order valence-corrected chi connectivity index (χ0v) is 24.1. The number of rotatable bonds is 13. The van der Waals surface area contributed by atoms with Gasteiger partial charge in [-0.15, -0.1) is 11.3 Å². The maximum Gasteiger partial charge on any atom is 0.408 e. The van der Waals surface area contributed by atoms with E-state index in [1.807, 2.05) is 60.0 Å². The van der Waals surface area contributed by atoms with Gasteiger partial charge >= 0.3 is 12.2 Å². The van der Waals surface area contributed by atoms with E-state index < -0.39 is 29.9 Å². The summed E-state index contributed by atoms with van der Waals surface area (Å²) in [6.45, 7) is 6.02. The lowest BCUT2D eigenvalue weighted by Gasteiger charge is -2.29. The number of carbonyl (C=O) groups excluding carboxylic acids is 3. The van der Waals surface area contributed by atoms with E-state index >= 15 is 0 Å². The van der Waals surface area contributed by atoms with Gasteiger partial charge in [-0.1, -0.05) is 42.5 Å². The molecule has 3 N–H and O–H groups in total. The van der Waals surface area contributed by atoms with Gasteiger partial charge in [0.25, 0.3) is 0 Å². The minimum atomic E-state index is -0.850. The van der Waals surface area contributed by atoms with Crippen molar-refractivity contribution in [3.05, 3.63) is 88.4 Å². The molecule has 2 atom stereocenters. The molecule has 0 aliphatic rings. The lowest BCUT2D eigenvalue weighted by Crippen LogP contribution is -2.49. The molecule has 2 aromatic heterocycles. The molecule has 2 heterocycles. The Balaban J connectivity index is 1.76. The first-order valence-corrected chi connectivity index (χ1v) is 14.2. The van der Waals surface area contributed by atoms with Crippen molar-refractivity contribution in [3.8, 4) is 0 Å². The maximum absolute atomic E-state index is 14.0. The van der Waals surface area contributed by atoms with Crippen LogP contribution in [-0.2, 0) is 33.8 Å². The van der Waals surface area contributed by atoms with Gasteiger partial charge in [0.05, 0.1) is 6.54 Å². The van der Waals surface area contributed by atoms with Crippen molar-refractivity contribution in [2.75, 3.05) is 0 Å². The number of ether oxygens (including phenoxy) is 2. The SMILES string of the molecule is CC(C)(C)OC(=O)N[C@@H](CCCC(Cc1ccccc1)OC(N)=O)C(=O)N(Cc1cccnc1)Cc1cccs1. The molecule has 1 aromatic carbocycles. The van der Waals surface area contributed by atoms with Crippen LogP contribution in [-0.4, -0.2) is 45.7 Å². The summed E-state index contributed by atoms with van der Waals surface area (Å²) in [5, 5.41) is 4.75. The zero-order valence-electron chi connectivity index (χ0n) is 23.2. The fourth-order valence-electron chi connectivity index (χ4n) is 4.24. The van der Waals surface area contributed by atoms with Crippen molar-refractivity contribution in [1.82, 2.24) is 15.2 Å². The predicted octanol–water partition coefficient (Wildman–Crippen LogP) is 5.44. The Hall–Kier alpha value is -3.92. The number of nitrogens with two attached hydrogens (primary N) is 1. The maximum atomic E-state index is 14.0. The highest BCUT2D eigenvalue weighted by Gasteiger charge is 2.29. The van der Waals surface area contributed by atoms with Crippen LogP contribution in [0.2, 0.25) is 0 Å². The van der Waals surface area contributed by atoms with E-state index in [4.69, 9.17) is 15.2 Å². The average Bonchev–Trinajstić information content (AvgIpc) is 3.40. The molecule has 9 nitrogen and oxygen atoms in total. The molecular weight excluding hydrogens is 528 g/mol. The molecule has 1 unspecified atom stereocenters. The van der Waals surface area contributed by atoms with E-state index in [0.29, 0.717) is 38.8 Å². The van der Waals surface area contributed by atoms with Crippen LogP contribution < -0.4 is 11.1 Å². The second-order valence-corrected chi connectivity index (χ2v) is 11.5. The molecule has 0 radical (unpaired) electrons. The smallest absolute Gasteiger partial charge is 0.408 e. The van der Waals surface area contributed by atoms with Gasteiger partial charge in [-0.25, -0.2) is 9.59 Å². The van der Waals surface area contributed by atoms with Crippen LogP contribution >= 0.6 is 11.3 Å². The molecule has 214 valence electrons. The van der Waals surface area contributed by atoms with E-state index in [1.165, 1.54) is 0 Å². The standard InChI is InChI=1S/C30H38N4O5S/c1-30(2,3)39-29(37)33-26(15-7-13-24(38-28(31)36)18-22-10-5-4-6-11-22)27(35)34(21-25-14-9-17-40-25)20-23-12-8-16-32-19-23/h4-6,8-12,14,16-17,19,24,26H,7,13,15,18,20-21H2,1-3H3,(H2,31,36)(H,33,37)/t24?,26-/m0/s1. The Kier molecular flexibility index (Phi) is 11.5. The first-order valence-electron chi connectivity index (χ1n) is 13.3. The quantitative estimate of drug-likeness (QED) is 0.284. The molecule has 10 heteroatoms. The molecule has 0 aliphatic heterocycles. The normalized spacial score (nSPS) is 12.7. The number of alkyl carbamates (subject to hydrolysis) is 1. The molecule has 0 bridgehead atoms. The van der Waals surface area contributed by atoms with Crippen molar-refractivity contribution in [1.29, 1.82) is 0 Å². The van der Waals surface area contributed by atoms with Gasteiger partial charge in [0.2, 0.25) is 5.91 Å². The lowest BCUT2D eigenvalue weighted by molar-refractivity contribution is -0.135. The number of primary amides is 1. The van der Waals surface area contributed by atoms with Crippen LogP contribution in [0.15, 0.2) is 72.4 Å². The van der Waals surface area contributed by atoms with Gasteiger partial charge in [0, 0.05) is 30.2 Å². The Bertz CT molecular complexity index is 1200. The Labute approximate surface area is 239 Å². The number of amides is 3. The van der Waals surface area contributed by atoms with Crippen LogP contribution in [0.3, 0.4) is 0 Å². The highest BCUT2D eigenvalue weighted by Crippen LogP contribution is 2.19. The predicted molar refractivity (Wildman–Crippen MR) is 154 cm³/mol. The zero-order chi connectivity index (χ0) is 29.0. The number of nitrogens with zero attached hydrogens (tertiary/aromatic N) is 2. The summed E-state index contributed by atoms with van der Waals surface area (Å²) >= 11 is 1.56. The van der Waals surface area contributed by atoms with Crippen LogP contribution in [0.1, 0.15) is 56.0 Å². The first-order chi connectivity index (χ1) is 19.1. The third-order valence-electron chi connectivity index (χ3n) is 5.93. The Morgan fingerprint density at radius 2 is 1.75 bits per heavy atom. The van der Waals surface area contributed by atoms with Crippen LogP contribution in [0.5, 0.6) is 0 Å². The molecule has 0 saturated heterocycles. The van der Waals surface area contributed by atoms with Crippen LogP contribution in [0.4, 0.5) is 9.59 Å². The van der Waals surface area contributed by atoms with Crippen molar-refractivity contribution < 1.29 is 23.9 Å². The van der Waals surface area contributed by atoms with Gasteiger partial charge in [0.15, 0.2) is 0 Å². The monoisotopic (exact) mass is 566 g/mol. The summed E-state index contributed by atoms with van der Waals surface area (Å²) < 4.78 is 10.8. The number of hydrogen-bond acceptors (Lipinski definition) is 7. The molecule has 40 heavy (non-hydrogen) atoms. The van der Waals surface area contributed by atoms with E-state index in [9.17, 15) is 14.4 Å². The molecule has 0 aliphatic carbocycles. The Morgan fingerprint density at radius 3 is 2.38 bits per heavy atom. The van der Waals surface area contributed by atoms with Crippen molar-refractivity contribution >= 4 is 29.4 Å². The van der Waals surface area contributed by atoms with E-state index in [2.05, 4.69) is 10.3 Å². The second kappa shape index (κ2) is 15.0. The molecule has 3 amide bonds. The molecule has 0 spiro atoms. The van der Waals surface area contributed by atoms with Crippen LogP contribution in [0.25, 0.3) is 0 Å². The van der Waals surface area contributed by atoms with E-state index in [-0.39, 0.29) is 5.91 Å². The minimum absolute atomic E-state index is 0.237. The molecule has 0 fully saturated rings. The largest absolute Gasteiger partial charge is 0.446 e. The van der Waals surface area contributed by atoms with E-state index in [0.717, 1.165) is 16.0 Å². The number of hydrogen-bond donors (Lipinski definition) is 2. The molecule has 0 saturated carbocycles. The number of nitrogens with one attached hydrogen (secondary N) is 1. The molecule has 3 rings (SSSR count). The average molecular weight is 567 g/mol. The van der Waals surface area contributed by atoms with Crippen LogP contribution in [0, 0.1) is 0 Å². The topological polar surface area (TPSA) is 124 Å². The summed E-state index contributed by atoms with van der Waals surface area (Å²) in [5.41, 5.74) is 6.49. The number of aromatic nitrogens is 1. The molecular formula is C30H38N4O5S. The highest BCUT2D eigenvalue weighted by molar-refractivity contribution is 7.09. The number of benzene rings is 1. The van der Waals surface area contributed by atoms with Crippen molar-refractivity contribution in [2.45, 2.75) is 77.3 Å². The summed E-state index contributed by atoms with van der Waals surface area (Å²) in [5.74, 6) is -0.237. The molecule has 3 aromatic rings. The summed E-state index contributed by atoms with van der Waals surface area (Å²) in [4.78, 5) is 45.2. The van der Waals surface area contributed by atoms with Gasteiger partial charge < -0.3 is 25.4 Å². The third kappa shape index (κ3) is 11.1. The third-order valence-corrected chi connectivity index (χ3v) is 6.79. The lowest BCUT2D eigenvalue weighted by atomic mass is 10.0. The van der Waals surface area contributed by atoms with Gasteiger partial charge in [-0.3, -0.25) is 9.78 Å². The van der Waals surface area contributed by atoms with Gasteiger partial charge in [-0.05, 0) is 68.7 Å². The highest BCUT2D eigenvalue weighted by atomic mass is 32.1. The summed E-state index contributed by atoms with van der Waals surface area (Å²) in [6.07, 6.45) is 3.20. The number of carbonyl (C=O) groups is 3. The minimum Gasteiger partial charge on any atom is -0.446 e.